The van der Waals surface area contributed by atoms with Gasteiger partial charge in [0.2, 0.25) is 0 Å². The van der Waals surface area contributed by atoms with Crippen LogP contribution in [-0.4, -0.2) is 74.7 Å². The second kappa shape index (κ2) is 14.4. The van der Waals surface area contributed by atoms with Crippen molar-refractivity contribution < 1.29 is 0 Å². The van der Waals surface area contributed by atoms with Gasteiger partial charge in [-0.15, -0.1) is 0 Å². The number of fused-ring (bicyclic) bond motifs is 4. The SMILES string of the molecule is Cn1c(=O)c2c(ncn2C)n(C)c1=O.Cn1c(=O)c2c(ncn2C)n(C)c1=O.Cn1c(=O)c2c(ncn2C)n(C)c1=O.Cn1c(=O)c2c(ncn2C)n(C)c1=O. The molecule has 8 aromatic rings. The third kappa shape index (κ3) is 6.24. The molecule has 0 saturated carbocycles. The van der Waals surface area contributed by atoms with Gasteiger partial charge >= 0.3 is 22.8 Å². The van der Waals surface area contributed by atoms with Crippen LogP contribution in [0.1, 0.15) is 0 Å². The fourth-order valence-electron chi connectivity index (χ4n) is 5.88. The number of aromatic nitrogens is 16. The zero-order valence-corrected chi connectivity index (χ0v) is 32.7. The van der Waals surface area contributed by atoms with Gasteiger partial charge in [0.1, 0.15) is 0 Å². The molecule has 0 aliphatic rings. The maximum absolute atomic E-state index is 11.7. The van der Waals surface area contributed by atoms with Crippen LogP contribution in [0.2, 0.25) is 0 Å². The van der Waals surface area contributed by atoms with Crippen molar-refractivity contribution in [1.29, 1.82) is 0 Å². The molecule has 0 N–H and O–H groups in total. The van der Waals surface area contributed by atoms with Crippen molar-refractivity contribution in [2.45, 2.75) is 0 Å². The molecule has 0 radical (unpaired) electrons. The Bertz CT molecular complexity index is 2910. The van der Waals surface area contributed by atoms with Crippen LogP contribution in [0.4, 0.5) is 0 Å². The Hall–Kier alpha value is -7.40. The Morgan fingerprint density at radius 1 is 0.286 bits per heavy atom. The number of imidazole rings is 4. The summed E-state index contributed by atoms with van der Waals surface area (Å²) >= 11 is 0. The molecule has 8 rings (SSSR count). The highest BCUT2D eigenvalue weighted by atomic mass is 16.2. The molecule has 0 atom stereocenters. The van der Waals surface area contributed by atoms with Crippen LogP contribution in [0.3, 0.4) is 0 Å². The Morgan fingerprint density at radius 2 is 0.446 bits per heavy atom. The summed E-state index contributed by atoms with van der Waals surface area (Å²) in [4.78, 5) is 109. The van der Waals surface area contributed by atoms with Gasteiger partial charge in [-0.1, -0.05) is 0 Å². The molecule has 296 valence electrons. The summed E-state index contributed by atoms with van der Waals surface area (Å²) in [5, 5.41) is 0. The monoisotopic (exact) mass is 776 g/mol. The van der Waals surface area contributed by atoms with Crippen molar-refractivity contribution in [2.24, 2.45) is 84.6 Å². The van der Waals surface area contributed by atoms with Gasteiger partial charge in [0.25, 0.3) is 22.2 Å². The van der Waals surface area contributed by atoms with E-state index in [0.29, 0.717) is 44.7 Å². The molecule has 8 aromatic heterocycles. The Morgan fingerprint density at radius 3 is 0.607 bits per heavy atom. The normalized spacial score (nSPS) is 11.1. The Balaban J connectivity index is 0.000000143. The molecule has 0 bridgehead atoms. The minimum atomic E-state index is -0.360. The number of hydrogen-bond donors (Lipinski definition) is 0. The molecule has 56 heavy (non-hydrogen) atoms. The first-order valence-corrected chi connectivity index (χ1v) is 16.4. The fourth-order valence-corrected chi connectivity index (χ4v) is 5.88. The second-order valence-corrected chi connectivity index (χ2v) is 12.9. The third-order valence-electron chi connectivity index (χ3n) is 9.27. The lowest BCUT2D eigenvalue weighted by atomic mass is 10.5. The van der Waals surface area contributed by atoms with Gasteiger partial charge in [0, 0.05) is 84.6 Å². The van der Waals surface area contributed by atoms with Crippen LogP contribution in [-0.2, 0) is 84.6 Å². The lowest BCUT2D eigenvalue weighted by Crippen LogP contribution is -2.37. The quantitative estimate of drug-likeness (QED) is 0.143. The van der Waals surface area contributed by atoms with Crippen LogP contribution in [0.5, 0.6) is 0 Å². The molecule has 24 nitrogen and oxygen atoms in total. The van der Waals surface area contributed by atoms with Gasteiger partial charge in [-0.05, 0) is 0 Å². The first kappa shape index (κ1) is 39.8. The lowest BCUT2D eigenvalue weighted by molar-refractivity contribution is 0.705. The minimum Gasteiger partial charge on any atom is -0.328 e. The van der Waals surface area contributed by atoms with E-state index in [0.717, 1.165) is 18.3 Å². The van der Waals surface area contributed by atoms with E-state index in [1.165, 1.54) is 71.8 Å². The van der Waals surface area contributed by atoms with Crippen LogP contribution >= 0.6 is 0 Å². The van der Waals surface area contributed by atoms with E-state index < -0.39 is 0 Å². The standard InChI is InChI=1S/4C8H10N4O2/c4*1-10-4-9-6-5(10)7(13)12(3)8(14)11(6)2/h4*4H,1-3H3. The van der Waals surface area contributed by atoms with Gasteiger partial charge in [0.05, 0.1) is 25.3 Å². The fraction of sp³-hybridized carbons (Fsp3) is 0.375. The molecule has 0 aromatic carbocycles. The molecular formula is C32H40N16O8. The molecular weight excluding hydrogens is 736 g/mol. The van der Waals surface area contributed by atoms with Gasteiger partial charge < -0.3 is 18.3 Å². The predicted molar refractivity (Wildman–Crippen MR) is 205 cm³/mol. The van der Waals surface area contributed by atoms with Crippen molar-refractivity contribution >= 4 is 44.7 Å². The lowest BCUT2D eigenvalue weighted by Gasteiger charge is -2.02. The van der Waals surface area contributed by atoms with E-state index in [1.54, 1.807) is 74.6 Å². The van der Waals surface area contributed by atoms with Crippen LogP contribution in [0.15, 0.2) is 63.7 Å². The second-order valence-electron chi connectivity index (χ2n) is 12.9. The van der Waals surface area contributed by atoms with Gasteiger partial charge in [-0.2, -0.15) is 0 Å². The largest absolute Gasteiger partial charge is 0.332 e. The van der Waals surface area contributed by atoms with Crippen molar-refractivity contribution in [2.75, 3.05) is 0 Å². The van der Waals surface area contributed by atoms with E-state index in [9.17, 15) is 38.4 Å². The highest BCUT2D eigenvalue weighted by Crippen LogP contribution is 2.04. The van der Waals surface area contributed by atoms with Gasteiger partial charge in [-0.3, -0.25) is 55.7 Å². The van der Waals surface area contributed by atoms with Crippen LogP contribution < -0.4 is 45.0 Å². The first-order chi connectivity index (χ1) is 26.1. The van der Waals surface area contributed by atoms with Crippen molar-refractivity contribution in [3.05, 3.63) is 109 Å². The summed E-state index contributed by atoms with van der Waals surface area (Å²) in [6.07, 6.45) is 6.08. The van der Waals surface area contributed by atoms with Gasteiger partial charge in [-0.25, -0.2) is 39.1 Å². The topological polar surface area (TPSA) is 247 Å². The Labute approximate surface area is 312 Å². The highest BCUT2D eigenvalue weighted by molar-refractivity contribution is 5.71. The van der Waals surface area contributed by atoms with E-state index >= 15 is 0 Å². The van der Waals surface area contributed by atoms with E-state index in [2.05, 4.69) is 19.9 Å². The zero-order chi connectivity index (χ0) is 41.8. The first-order valence-electron chi connectivity index (χ1n) is 16.4. The summed E-state index contributed by atoms with van der Waals surface area (Å²) < 4.78 is 16.2. The summed E-state index contributed by atoms with van der Waals surface area (Å²) in [5.41, 5.74) is 0.720. The maximum Gasteiger partial charge on any atom is 0.332 e. The molecule has 24 heteroatoms. The summed E-state index contributed by atoms with van der Waals surface area (Å²) in [6.45, 7) is 0. The number of nitrogens with zero attached hydrogens (tertiary/aromatic N) is 16. The van der Waals surface area contributed by atoms with Crippen molar-refractivity contribution in [3.63, 3.8) is 0 Å². The number of aryl methyl sites for hydroxylation is 8. The van der Waals surface area contributed by atoms with E-state index in [1.807, 2.05) is 0 Å². The maximum atomic E-state index is 11.7. The van der Waals surface area contributed by atoms with Crippen LogP contribution in [0, 0.1) is 0 Å². The molecule has 0 saturated heterocycles. The molecule has 0 amide bonds. The van der Waals surface area contributed by atoms with Crippen LogP contribution in [0.25, 0.3) is 44.7 Å². The molecule has 8 heterocycles. The van der Waals surface area contributed by atoms with E-state index in [-0.39, 0.29) is 45.0 Å². The van der Waals surface area contributed by atoms with Crippen molar-refractivity contribution in [1.82, 2.24) is 74.7 Å². The molecule has 0 aliphatic carbocycles. The van der Waals surface area contributed by atoms with Gasteiger partial charge in [0.15, 0.2) is 44.7 Å². The van der Waals surface area contributed by atoms with E-state index in [4.69, 9.17) is 0 Å². The average Bonchev–Trinajstić information content (AvgIpc) is 3.97. The molecule has 0 aliphatic heterocycles. The predicted octanol–water partition coefficient (Wildman–Crippen LogP) is -4.12. The summed E-state index contributed by atoms with van der Waals surface area (Å²) in [7, 11) is 19.1. The summed E-state index contributed by atoms with van der Waals surface area (Å²) in [6, 6.07) is 0. The Kier molecular flexibility index (Phi) is 10.3. The molecule has 0 fully saturated rings. The zero-order valence-electron chi connectivity index (χ0n) is 32.7. The minimum absolute atomic E-state index is 0.317. The number of rotatable bonds is 0. The molecule has 0 spiro atoms. The van der Waals surface area contributed by atoms with Crippen molar-refractivity contribution in [3.8, 4) is 0 Å². The highest BCUT2D eigenvalue weighted by Gasteiger charge is 2.15. The third-order valence-corrected chi connectivity index (χ3v) is 9.27. The average molecular weight is 777 g/mol. The smallest absolute Gasteiger partial charge is 0.328 e. The number of hydrogen-bond acceptors (Lipinski definition) is 12. The molecule has 0 unspecified atom stereocenters. The summed E-state index contributed by atoms with van der Waals surface area (Å²) in [5.74, 6) is 0.